The number of hydrogen-bond donors (Lipinski definition) is 1. The highest BCUT2D eigenvalue weighted by molar-refractivity contribution is 6.35. The average molecular weight is 438 g/mol. The maximum absolute atomic E-state index is 12.8. The summed E-state index contributed by atoms with van der Waals surface area (Å²) < 4.78 is 5.23. The van der Waals surface area contributed by atoms with Crippen molar-refractivity contribution < 1.29 is 9.53 Å². The Morgan fingerprint density at radius 1 is 1.07 bits per heavy atom. The van der Waals surface area contributed by atoms with Crippen molar-refractivity contribution in [1.29, 1.82) is 0 Å². The van der Waals surface area contributed by atoms with Gasteiger partial charge in [0, 0.05) is 23.7 Å². The summed E-state index contributed by atoms with van der Waals surface area (Å²) in [6, 6.07) is 19.0. The molecule has 0 spiro atoms. The molecule has 0 bridgehead atoms. The molecule has 4 rings (SSSR count). The maximum Gasteiger partial charge on any atom is 0.255 e. The van der Waals surface area contributed by atoms with E-state index in [0.717, 1.165) is 27.7 Å². The first-order chi connectivity index (χ1) is 14.6. The number of hydrogen-bond acceptors (Lipinski definition) is 4. The Balaban J connectivity index is 1.72. The van der Waals surface area contributed by atoms with Crippen molar-refractivity contribution in [2.75, 3.05) is 7.11 Å². The number of halogens is 2. The Labute approximate surface area is 183 Å². The summed E-state index contributed by atoms with van der Waals surface area (Å²) in [4.78, 5) is 21.5. The number of nitrogens with zero attached hydrogens (tertiary/aromatic N) is 2. The predicted molar refractivity (Wildman–Crippen MR) is 119 cm³/mol. The summed E-state index contributed by atoms with van der Waals surface area (Å²) in [5.41, 5.74) is 3.60. The number of benzene rings is 2. The summed E-state index contributed by atoms with van der Waals surface area (Å²) in [5.74, 6) is -0.0790. The van der Waals surface area contributed by atoms with Crippen molar-refractivity contribution in [3.63, 3.8) is 0 Å². The van der Waals surface area contributed by atoms with Crippen LogP contribution in [0.15, 0.2) is 66.9 Å². The molecule has 4 aromatic rings. The van der Waals surface area contributed by atoms with Crippen molar-refractivity contribution in [2.24, 2.45) is 0 Å². The first-order valence-corrected chi connectivity index (χ1v) is 9.94. The molecule has 5 nitrogen and oxygen atoms in total. The Bertz CT molecular complexity index is 1230. The molecule has 2 aromatic carbocycles. The van der Waals surface area contributed by atoms with Crippen LogP contribution in [0.5, 0.6) is 5.75 Å². The lowest BCUT2D eigenvalue weighted by Gasteiger charge is -2.14. The largest absolute Gasteiger partial charge is 0.493 e. The number of pyridine rings is 2. The van der Waals surface area contributed by atoms with Gasteiger partial charge in [-0.1, -0.05) is 65.7 Å². The number of aromatic nitrogens is 2. The molecule has 0 atom stereocenters. The minimum absolute atomic E-state index is 0.136. The monoisotopic (exact) mass is 437 g/mol. The standard InChI is InChI=1S/C23H17Cl2N3O2/c1-30-21-17(10-11-26-22(21)25)23(29)27-13-16-12-15-8-5-9-18(24)20(15)28-19(16)14-6-3-2-4-7-14/h2-12H,13H2,1H3,(H,27,29). The molecular weight excluding hydrogens is 421 g/mol. The summed E-state index contributed by atoms with van der Waals surface area (Å²) in [7, 11) is 1.45. The highest BCUT2D eigenvalue weighted by Gasteiger charge is 2.17. The van der Waals surface area contributed by atoms with E-state index in [9.17, 15) is 4.79 Å². The Hall–Kier alpha value is -3.15. The molecule has 0 aliphatic rings. The molecule has 0 saturated heterocycles. The topological polar surface area (TPSA) is 64.1 Å². The number of ether oxygens (including phenoxy) is 1. The number of carbonyl (C=O) groups is 1. The van der Waals surface area contributed by atoms with Crippen LogP contribution in [0.25, 0.3) is 22.2 Å². The predicted octanol–water partition coefficient (Wildman–Crippen LogP) is 5.54. The van der Waals surface area contributed by atoms with E-state index in [-0.39, 0.29) is 23.4 Å². The van der Waals surface area contributed by atoms with Gasteiger partial charge in [-0.2, -0.15) is 0 Å². The normalized spacial score (nSPS) is 10.8. The van der Waals surface area contributed by atoms with Crippen LogP contribution in [0, 0.1) is 0 Å². The van der Waals surface area contributed by atoms with Crippen molar-refractivity contribution in [3.05, 3.63) is 88.2 Å². The molecule has 0 aliphatic heterocycles. The first-order valence-electron chi connectivity index (χ1n) is 9.18. The lowest BCUT2D eigenvalue weighted by molar-refractivity contribution is 0.0947. The molecule has 7 heteroatoms. The van der Waals surface area contributed by atoms with E-state index in [1.165, 1.54) is 13.3 Å². The average Bonchev–Trinajstić information content (AvgIpc) is 2.77. The van der Waals surface area contributed by atoms with Gasteiger partial charge in [0.1, 0.15) is 0 Å². The summed E-state index contributed by atoms with van der Waals surface area (Å²) in [6.45, 7) is 0.265. The number of carbonyl (C=O) groups excluding carboxylic acids is 1. The van der Waals surface area contributed by atoms with Gasteiger partial charge in [-0.3, -0.25) is 4.79 Å². The third kappa shape index (κ3) is 3.95. The first kappa shape index (κ1) is 20.1. The second-order valence-corrected chi connectivity index (χ2v) is 7.30. The number of fused-ring (bicyclic) bond motifs is 1. The van der Waals surface area contributed by atoms with Gasteiger partial charge in [-0.15, -0.1) is 0 Å². The van der Waals surface area contributed by atoms with Gasteiger partial charge in [0.15, 0.2) is 10.9 Å². The third-order valence-electron chi connectivity index (χ3n) is 4.67. The molecule has 30 heavy (non-hydrogen) atoms. The molecule has 2 heterocycles. The molecule has 0 unspecified atom stereocenters. The Morgan fingerprint density at radius 3 is 2.63 bits per heavy atom. The Morgan fingerprint density at radius 2 is 1.87 bits per heavy atom. The van der Waals surface area contributed by atoms with E-state index in [0.29, 0.717) is 10.6 Å². The fraction of sp³-hybridized carbons (Fsp3) is 0.0870. The van der Waals surface area contributed by atoms with Gasteiger partial charge in [0.25, 0.3) is 5.91 Å². The summed E-state index contributed by atoms with van der Waals surface area (Å²) in [6.07, 6.45) is 1.47. The number of para-hydroxylation sites is 1. The van der Waals surface area contributed by atoms with Crippen molar-refractivity contribution >= 4 is 40.0 Å². The SMILES string of the molecule is COc1c(C(=O)NCc2cc3cccc(Cl)c3nc2-c2ccccc2)ccnc1Cl. The van der Waals surface area contributed by atoms with E-state index in [1.54, 1.807) is 6.07 Å². The molecule has 0 radical (unpaired) electrons. The highest BCUT2D eigenvalue weighted by atomic mass is 35.5. The van der Waals surface area contributed by atoms with Crippen molar-refractivity contribution in [3.8, 4) is 17.0 Å². The lowest BCUT2D eigenvalue weighted by Crippen LogP contribution is -2.24. The third-order valence-corrected chi connectivity index (χ3v) is 5.25. The van der Waals surface area contributed by atoms with Gasteiger partial charge in [0.05, 0.1) is 28.9 Å². The molecular formula is C23H17Cl2N3O2. The van der Waals surface area contributed by atoms with E-state index in [1.807, 2.05) is 54.6 Å². The van der Waals surface area contributed by atoms with Crippen LogP contribution in [0.3, 0.4) is 0 Å². The number of nitrogens with one attached hydrogen (secondary N) is 1. The molecule has 150 valence electrons. The Kier molecular flexibility index (Phi) is 5.84. The van der Waals surface area contributed by atoms with Gasteiger partial charge in [-0.25, -0.2) is 9.97 Å². The zero-order valence-corrected chi connectivity index (χ0v) is 17.5. The molecule has 1 amide bonds. The maximum atomic E-state index is 12.8. The van der Waals surface area contributed by atoms with E-state index in [4.69, 9.17) is 32.9 Å². The van der Waals surface area contributed by atoms with Gasteiger partial charge in [-0.05, 0) is 23.8 Å². The van der Waals surface area contributed by atoms with E-state index < -0.39 is 0 Å². The number of rotatable bonds is 5. The smallest absolute Gasteiger partial charge is 0.255 e. The van der Waals surface area contributed by atoms with Crippen LogP contribution < -0.4 is 10.1 Å². The second-order valence-electron chi connectivity index (χ2n) is 6.54. The molecule has 2 aromatic heterocycles. The highest BCUT2D eigenvalue weighted by Crippen LogP contribution is 2.30. The van der Waals surface area contributed by atoms with Crippen molar-refractivity contribution in [2.45, 2.75) is 6.54 Å². The quantitative estimate of drug-likeness (QED) is 0.416. The van der Waals surface area contributed by atoms with Crippen LogP contribution in [0.4, 0.5) is 0 Å². The zero-order chi connectivity index (χ0) is 21.1. The second kappa shape index (κ2) is 8.69. The number of amides is 1. The van der Waals surface area contributed by atoms with Crippen LogP contribution in [0.1, 0.15) is 15.9 Å². The fourth-order valence-corrected chi connectivity index (χ4v) is 3.71. The lowest BCUT2D eigenvalue weighted by atomic mass is 10.0. The van der Waals surface area contributed by atoms with Gasteiger partial charge < -0.3 is 10.1 Å². The van der Waals surface area contributed by atoms with Crippen LogP contribution in [0.2, 0.25) is 10.2 Å². The van der Waals surface area contributed by atoms with E-state index in [2.05, 4.69) is 10.3 Å². The molecule has 0 aliphatic carbocycles. The minimum atomic E-state index is -0.318. The fourth-order valence-electron chi connectivity index (χ4n) is 3.25. The van der Waals surface area contributed by atoms with Crippen LogP contribution in [-0.2, 0) is 6.54 Å². The van der Waals surface area contributed by atoms with Gasteiger partial charge in [0.2, 0.25) is 0 Å². The summed E-state index contributed by atoms with van der Waals surface area (Å²) in [5, 5.41) is 4.54. The molecule has 0 fully saturated rings. The van der Waals surface area contributed by atoms with Gasteiger partial charge >= 0.3 is 0 Å². The van der Waals surface area contributed by atoms with Crippen LogP contribution >= 0.6 is 23.2 Å². The minimum Gasteiger partial charge on any atom is -0.493 e. The summed E-state index contributed by atoms with van der Waals surface area (Å²) >= 11 is 12.4. The van der Waals surface area contributed by atoms with Crippen LogP contribution in [-0.4, -0.2) is 23.0 Å². The molecule has 0 saturated carbocycles. The number of methoxy groups -OCH3 is 1. The molecule has 1 N–H and O–H groups in total. The zero-order valence-electron chi connectivity index (χ0n) is 16.0. The van der Waals surface area contributed by atoms with Crippen molar-refractivity contribution in [1.82, 2.24) is 15.3 Å². The van der Waals surface area contributed by atoms with E-state index >= 15 is 0 Å².